The van der Waals surface area contributed by atoms with E-state index in [-0.39, 0.29) is 0 Å². The van der Waals surface area contributed by atoms with Crippen LogP contribution in [0.4, 0.5) is 0 Å². The van der Waals surface area contributed by atoms with E-state index in [0.29, 0.717) is 0 Å². The molecule has 1 atom stereocenters. The molecule has 0 aliphatic carbocycles. The van der Waals surface area contributed by atoms with E-state index in [0.717, 1.165) is 5.92 Å². The summed E-state index contributed by atoms with van der Waals surface area (Å²) in [6.45, 7) is 8.44. The largest absolute Gasteiger partial charge is 0.103 e. The smallest absolute Gasteiger partial charge is 0.0353 e. The van der Waals surface area contributed by atoms with Crippen molar-refractivity contribution in [2.75, 3.05) is 0 Å². The third-order valence-electron chi connectivity index (χ3n) is 4.06. The monoisotopic (exact) mass is 252 g/mol. The predicted octanol–water partition coefficient (Wildman–Crippen LogP) is 6.90. The van der Waals surface area contributed by atoms with Gasteiger partial charge in [-0.2, -0.15) is 0 Å². The van der Waals surface area contributed by atoms with Crippen LogP contribution in [0, 0.1) is 5.92 Å². The minimum Gasteiger partial charge on any atom is -0.103 e. The Morgan fingerprint density at radius 3 is 1.89 bits per heavy atom. The molecule has 0 rings (SSSR count). The second-order valence-corrected chi connectivity index (χ2v) is 5.76. The zero-order valence-electron chi connectivity index (χ0n) is 13.1. The lowest BCUT2D eigenvalue weighted by Crippen LogP contribution is -1.99. The Bertz CT molecular complexity index is 159. The SMILES string of the molecule is C=CCCCCCCCC(CC)CCCCCC. The van der Waals surface area contributed by atoms with Gasteiger partial charge in [0.05, 0.1) is 0 Å². The van der Waals surface area contributed by atoms with Crippen molar-refractivity contribution in [3.05, 3.63) is 12.7 Å². The highest BCUT2D eigenvalue weighted by Gasteiger charge is 2.05. The molecule has 0 aliphatic rings. The van der Waals surface area contributed by atoms with Crippen molar-refractivity contribution in [3.63, 3.8) is 0 Å². The van der Waals surface area contributed by atoms with E-state index in [4.69, 9.17) is 0 Å². The molecule has 0 saturated carbocycles. The van der Waals surface area contributed by atoms with Crippen LogP contribution >= 0.6 is 0 Å². The van der Waals surface area contributed by atoms with Crippen molar-refractivity contribution in [1.29, 1.82) is 0 Å². The number of allylic oxidation sites excluding steroid dienone is 1. The summed E-state index contributed by atoms with van der Waals surface area (Å²) in [5.41, 5.74) is 0. The lowest BCUT2D eigenvalue weighted by Gasteiger charge is -2.14. The highest BCUT2D eigenvalue weighted by atomic mass is 14.1. The standard InChI is InChI=1S/C18H36/c1-4-7-9-11-12-13-15-17-18(6-3)16-14-10-8-5-2/h4,18H,1,5-17H2,2-3H3. The molecule has 1 unspecified atom stereocenters. The zero-order valence-corrected chi connectivity index (χ0v) is 13.1. The molecule has 0 fully saturated rings. The molecule has 108 valence electrons. The first kappa shape index (κ1) is 17.7. The van der Waals surface area contributed by atoms with Gasteiger partial charge in [0.25, 0.3) is 0 Å². The maximum Gasteiger partial charge on any atom is -0.0353 e. The first-order valence-electron chi connectivity index (χ1n) is 8.46. The van der Waals surface area contributed by atoms with E-state index in [1.54, 1.807) is 0 Å². The molecule has 0 N–H and O–H groups in total. The molecular formula is C18H36. The molecule has 0 spiro atoms. The highest BCUT2D eigenvalue weighted by molar-refractivity contribution is 4.65. The van der Waals surface area contributed by atoms with E-state index in [9.17, 15) is 0 Å². The van der Waals surface area contributed by atoms with Gasteiger partial charge in [-0.15, -0.1) is 6.58 Å². The highest BCUT2D eigenvalue weighted by Crippen LogP contribution is 2.21. The molecule has 0 radical (unpaired) electrons. The van der Waals surface area contributed by atoms with Gasteiger partial charge in [-0.3, -0.25) is 0 Å². The molecule has 0 aliphatic heterocycles. The van der Waals surface area contributed by atoms with Crippen molar-refractivity contribution >= 4 is 0 Å². The Hall–Kier alpha value is -0.260. The van der Waals surface area contributed by atoms with E-state index >= 15 is 0 Å². The number of hydrogen-bond donors (Lipinski definition) is 0. The van der Waals surface area contributed by atoms with Crippen LogP contribution in [-0.2, 0) is 0 Å². The van der Waals surface area contributed by atoms with Gasteiger partial charge in [-0.25, -0.2) is 0 Å². The number of unbranched alkanes of at least 4 members (excludes halogenated alkanes) is 8. The Balaban J connectivity index is 3.30. The summed E-state index contributed by atoms with van der Waals surface area (Å²) in [4.78, 5) is 0. The van der Waals surface area contributed by atoms with Crippen molar-refractivity contribution in [3.8, 4) is 0 Å². The van der Waals surface area contributed by atoms with Gasteiger partial charge in [-0.1, -0.05) is 90.6 Å². The van der Waals surface area contributed by atoms with Gasteiger partial charge < -0.3 is 0 Å². The van der Waals surface area contributed by atoms with Crippen LogP contribution in [-0.4, -0.2) is 0 Å². The molecule has 0 bridgehead atoms. The molecule has 0 aromatic rings. The van der Waals surface area contributed by atoms with Crippen LogP contribution in [0.2, 0.25) is 0 Å². The van der Waals surface area contributed by atoms with Gasteiger partial charge >= 0.3 is 0 Å². The van der Waals surface area contributed by atoms with Crippen LogP contribution in [0.3, 0.4) is 0 Å². The average Bonchev–Trinajstić information content (AvgIpc) is 2.40. The molecule has 0 saturated heterocycles. The number of hydrogen-bond acceptors (Lipinski definition) is 0. The van der Waals surface area contributed by atoms with E-state index in [1.165, 1.54) is 83.5 Å². The Morgan fingerprint density at radius 1 is 0.778 bits per heavy atom. The fraction of sp³-hybridized carbons (Fsp3) is 0.889. The normalized spacial score (nSPS) is 12.6. The third-order valence-corrected chi connectivity index (χ3v) is 4.06. The Labute approximate surface area is 116 Å². The van der Waals surface area contributed by atoms with E-state index < -0.39 is 0 Å². The van der Waals surface area contributed by atoms with Gasteiger partial charge in [0, 0.05) is 0 Å². The van der Waals surface area contributed by atoms with Crippen LogP contribution in [0.1, 0.15) is 97.3 Å². The summed E-state index contributed by atoms with van der Waals surface area (Å²) in [7, 11) is 0. The lowest BCUT2D eigenvalue weighted by molar-refractivity contribution is 0.394. The van der Waals surface area contributed by atoms with E-state index in [2.05, 4.69) is 20.4 Å². The van der Waals surface area contributed by atoms with Crippen molar-refractivity contribution < 1.29 is 0 Å². The van der Waals surface area contributed by atoms with Gasteiger partial charge in [0.2, 0.25) is 0 Å². The van der Waals surface area contributed by atoms with Crippen LogP contribution in [0.5, 0.6) is 0 Å². The average molecular weight is 252 g/mol. The summed E-state index contributed by atoms with van der Waals surface area (Å²) in [5.74, 6) is 1.01. The van der Waals surface area contributed by atoms with Gasteiger partial charge in [0.15, 0.2) is 0 Å². The summed E-state index contributed by atoms with van der Waals surface area (Å²) in [6.07, 6.45) is 20.4. The topological polar surface area (TPSA) is 0 Å². The summed E-state index contributed by atoms with van der Waals surface area (Å²) in [5, 5.41) is 0. The zero-order chi connectivity index (χ0) is 13.5. The quantitative estimate of drug-likeness (QED) is 0.233. The molecule has 0 nitrogen and oxygen atoms in total. The van der Waals surface area contributed by atoms with Gasteiger partial charge in [-0.05, 0) is 18.8 Å². The second-order valence-electron chi connectivity index (χ2n) is 5.76. The Kier molecular flexibility index (Phi) is 14.6. The summed E-state index contributed by atoms with van der Waals surface area (Å²) < 4.78 is 0. The third kappa shape index (κ3) is 12.2. The summed E-state index contributed by atoms with van der Waals surface area (Å²) >= 11 is 0. The summed E-state index contributed by atoms with van der Waals surface area (Å²) in [6, 6.07) is 0. The van der Waals surface area contributed by atoms with Crippen LogP contribution in [0.15, 0.2) is 12.7 Å². The lowest BCUT2D eigenvalue weighted by atomic mass is 9.92. The fourth-order valence-corrected chi connectivity index (χ4v) is 2.66. The molecule has 18 heavy (non-hydrogen) atoms. The van der Waals surface area contributed by atoms with E-state index in [1.807, 2.05) is 6.08 Å². The second kappa shape index (κ2) is 14.8. The first-order valence-corrected chi connectivity index (χ1v) is 8.46. The minimum absolute atomic E-state index is 1.01. The molecule has 0 aromatic heterocycles. The molecule has 0 amide bonds. The van der Waals surface area contributed by atoms with Gasteiger partial charge in [0.1, 0.15) is 0 Å². The predicted molar refractivity (Wildman–Crippen MR) is 85.1 cm³/mol. The van der Waals surface area contributed by atoms with Crippen molar-refractivity contribution in [2.45, 2.75) is 97.3 Å². The Morgan fingerprint density at radius 2 is 1.33 bits per heavy atom. The minimum atomic E-state index is 1.01. The molecule has 0 heteroatoms. The van der Waals surface area contributed by atoms with Crippen LogP contribution < -0.4 is 0 Å². The molecule has 0 aromatic carbocycles. The maximum absolute atomic E-state index is 3.77. The van der Waals surface area contributed by atoms with Crippen molar-refractivity contribution in [1.82, 2.24) is 0 Å². The molecular weight excluding hydrogens is 216 g/mol. The molecule has 0 heterocycles. The van der Waals surface area contributed by atoms with Crippen LogP contribution in [0.25, 0.3) is 0 Å². The first-order chi connectivity index (χ1) is 8.85. The van der Waals surface area contributed by atoms with Crippen molar-refractivity contribution in [2.24, 2.45) is 5.92 Å². The fourth-order valence-electron chi connectivity index (χ4n) is 2.66. The maximum atomic E-state index is 3.77. The number of rotatable bonds is 14.